The summed E-state index contributed by atoms with van der Waals surface area (Å²) in [6.45, 7) is 7.84. The normalized spacial score (nSPS) is 12.2. The molecule has 0 aliphatic carbocycles. The molecule has 2 heterocycles. The Morgan fingerprint density at radius 2 is 1.61 bits per heavy atom. The van der Waals surface area contributed by atoms with E-state index in [9.17, 15) is 4.79 Å². The summed E-state index contributed by atoms with van der Waals surface area (Å²) in [5.74, 6) is 1.17. The zero-order valence-corrected chi connectivity index (χ0v) is 24.1. The topological polar surface area (TPSA) is 87.5 Å². The van der Waals surface area contributed by atoms with Crippen LogP contribution in [0.4, 0.5) is 0 Å². The third kappa shape index (κ3) is 8.46. The van der Waals surface area contributed by atoms with Gasteiger partial charge in [0.2, 0.25) is 11.8 Å². The van der Waals surface area contributed by atoms with Crippen LogP contribution < -0.4 is 10.1 Å². The maximum atomic E-state index is 13.2. The van der Waals surface area contributed by atoms with Crippen molar-refractivity contribution < 1.29 is 9.53 Å². The number of nitrogens with zero attached hydrogens (tertiary/aromatic N) is 4. The lowest BCUT2D eigenvalue weighted by Crippen LogP contribution is -2.47. The number of fused-ring (bicyclic) bond motifs is 1. The van der Waals surface area contributed by atoms with Gasteiger partial charge in [0.1, 0.15) is 11.8 Å². The van der Waals surface area contributed by atoms with Crippen molar-refractivity contribution in [3.8, 4) is 17.3 Å². The highest BCUT2D eigenvalue weighted by molar-refractivity contribution is 6.34. The second-order valence-electron chi connectivity index (χ2n) is 9.83. The van der Waals surface area contributed by atoms with Crippen molar-refractivity contribution in [1.29, 1.82) is 0 Å². The van der Waals surface area contributed by atoms with E-state index >= 15 is 0 Å². The van der Waals surface area contributed by atoms with Crippen molar-refractivity contribution in [2.24, 2.45) is 0 Å². The maximum absolute atomic E-state index is 13.2. The van der Waals surface area contributed by atoms with E-state index in [1.807, 2.05) is 49.1 Å². The molecule has 8 nitrogen and oxygen atoms in total. The molecule has 1 amide bonds. The summed E-state index contributed by atoms with van der Waals surface area (Å²) in [6, 6.07) is 9.49. The minimum Gasteiger partial charge on any atom is -0.461 e. The molecular weight excluding hydrogens is 500 g/mol. The van der Waals surface area contributed by atoms with Crippen LogP contribution in [0.25, 0.3) is 17.0 Å². The van der Waals surface area contributed by atoms with E-state index in [4.69, 9.17) is 16.3 Å². The van der Waals surface area contributed by atoms with Crippen LogP contribution in [-0.2, 0) is 4.79 Å². The number of unbranched alkanes of at least 4 members (excludes halogenated alkanes) is 9. The van der Waals surface area contributed by atoms with Gasteiger partial charge < -0.3 is 9.64 Å². The van der Waals surface area contributed by atoms with Crippen molar-refractivity contribution >= 4 is 23.2 Å². The van der Waals surface area contributed by atoms with Gasteiger partial charge in [-0.15, -0.1) is 10.2 Å². The maximum Gasteiger partial charge on any atom is 0.239 e. The Hall–Kier alpha value is -2.58. The van der Waals surface area contributed by atoms with Gasteiger partial charge in [0.05, 0.1) is 6.04 Å². The fourth-order valence-electron chi connectivity index (χ4n) is 4.77. The zero-order chi connectivity index (χ0) is 27.2. The van der Waals surface area contributed by atoms with Gasteiger partial charge in [-0.25, -0.2) is 4.52 Å². The fourth-order valence-corrected chi connectivity index (χ4v) is 4.99. The van der Waals surface area contributed by atoms with Crippen molar-refractivity contribution in [2.75, 3.05) is 19.8 Å². The quantitative estimate of drug-likeness (QED) is 0.127. The molecule has 0 aliphatic heterocycles. The van der Waals surface area contributed by atoms with Gasteiger partial charge in [-0.2, -0.15) is 0 Å². The summed E-state index contributed by atoms with van der Waals surface area (Å²) < 4.78 is 7.66. The number of carbonyl (C=O) groups excluding carboxylic acids is 1. The summed E-state index contributed by atoms with van der Waals surface area (Å²) in [5.41, 5.74) is 1.42. The monoisotopic (exact) mass is 544 g/mol. The minimum atomic E-state index is -0.289. The van der Waals surface area contributed by atoms with Crippen LogP contribution in [0.15, 0.2) is 30.3 Å². The summed E-state index contributed by atoms with van der Waals surface area (Å²) >= 11 is 6.53. The van der Waals surface area contributed by atoms with E-state index in [0.29, 0.717) is 35.5 Å². The molecule has 0 saturated heterocycles. The lowest BCUT2D eigenvalue weighted by atomic mass is 10.0. The number of aromatic amines is 1. The zero-order valence-electron chi connectivity index (χ0n) is 23.3. The van der Waals surface area contributed by atoms with Crippen LogP contribution in [0.2, 0.25) is 5.02 Å². The molecule has 0 radical (unpaired) electrons. The van der Waals surface area contributed by atoms with E-state index in [1.54, 1.807) is 4.52 Å². The molecule has 0 fully saturated rings. The first-order valence-corrected chi connectivity index (χ1v) is 14.8. The highest BCUT2D eigenvalue weighted by Crippen LogP contribution is 2.30. The second kappa shape index (κ2) is 16.4. The Balaban J connectivity index is 1.51. The average Bonchev–Trinajstić information content (AvgIpc) is 3.49. The number of benzene rings is 1. The number of amides is 1. The molecule has 1 atom stereocenters. The molecule has 38 heavy (non-hydrogen) atoms. The Bertz CT molecular complexity index is 1080. The van der Waals surface area contributed by atoms with Crippen LogP contribution >= 0.6 is 11.6 Å². The Morgan fingerprint density at radius 3 is 2.24 bits per heavy atom. The molecular formula is C29H45ClN6O2. The molecule has 9 heteroatoms. The number of nitrogens with one attached hydrogen (secondary N) is 2. The Kier molecular flexibility index (Phi) is 12.9. The predicted octanol–water partition coefficient (Wildman–Crippen LogP) is 6.85. The van der Waals surface area contributed by atoms with Crippen LogP contribution in [0.5, 0.6) is 5.88 Å². The second-order valence-corrected chi connectivity index (χ2v) is 10.2. The van der Waals surface area contributed by atoms with Gasteiger partial charge in [-0.1, -0.05) is 113 Å². The number of aromatic nitrogens is 4. The minimum absolute atomic E-state index is 0.123. The van der Waals surface area contributed by atoms with Crippen molar-refractivity contribution in [3.05, 3.63) is 35.4 Å². The molecule has 2 N–H and O–H groups in total. The lowest BCUT2D eigenvalue weighted by Gasteiger charge is -2.26. The number of H-pyrrole nitrogens is 1. The van der Waals surface area contributed by atoms with E-state index < -0.39 is 0 Å². The molecule has 1 aromatic carbocycles. The summed E-state index contributed by atoms with van der Waals surface area (Å²) in [7, 11) is 0. The molecule has 3 aromatic rings. The van der Waals surface area contributed by atoms with Crippen molar-refractivity contribution in [2.45, 2.75) is 97.4 Å². The number of hydrogen-bond donors (Lipinski definition) is 2. The SMILES string of the molecule is CCCCCCCCCCCCC(NCOc1[nH]n2c(-c3ccccc3)nnc2c1Cl)C(=O)N(CC)CC. The van der Waals surface area contributed by atoms with Crippen LogP contribution in [0.3, 0.4) is 0 Å². The van der Waals surface area contributed by atoms with Crippen molar-refractivity contribution in [3.63, 3.8) is 0 Å². The van der Waals surface area contributed by atoms with Gasteiger partial charge in [-0.3, -0.25) is 15.2 Å². The number of likely N-dealkylation sites (N-methyl/N-ethyl adjacent to an activating group) is 1. The largest absolute Gasteiger partial charge is 0.461 e. The summed E-state index contributed by atoms with van der Waals surface area (Å²) in [6.07, 6.45) is 13.5. The van der Waals surface area contributed by atoms with Crippen LogP contribution in [0.1, 0.15) is 91.4 Å². The third-order valence-electron chi connectivity index (χ3n) is 7.07. The average molecular weight is 545 g/mol. The van der Waals surface area contributed by atoms with Gasteiger partial charge in [0.15, 0.2) is 11.5 Å². The first-order valence-electron chi connectivity index (χ1n) is 14.4. The molecule has 1 unspecified atom stereocenters. The molecule has 0 bridgehead atoms. The van der Waals surface area contributed by atoms with Gasteiger partial charge in [0.25, 0.3) is 0 Å². The number of halogens is 1. The highest BCUT2D eigenvalue weighted by atomic mass is 35.5. The Labute approximate surface area is 232 Å². The van der Waals surface area contributed by atoms with Gasteiger partial charge >= 0.3 is 0 Å². The highest BCUT2D eigenvalue weighted by Gasteiger charge is 2.23. The molecule has 0 saturated carbocycles. The first-order chi connectivity index (χ1) is 18.6. The van der Waals surface area contributed by atoms with E-state index in [0.717, 1.165) is 24.8 Å². The number of rotatable bonds is 19. The third-order valence-corrected chi connectivity index (χ3v) is 7.41. The Morgan fingerprint density at radius 1 is 0.974 bits per heavy atom. The first kappa shape index (κ1) is 30.0. The molecule has 0 aliphatic rings. The lowest BCUT2D eigenvalue weighted by molar-refractivity contribution is -0.133. The smallest absolute Gasteiger partial charge is 0.239 e. The fraction of sp³-hybridized carbons (Fsp3) is 0.621. The number of carbonyl (C=O) groups is 1. The van der Waals surface area contributed by atoms with E-state index in [1.165, 1.54) is 51.4 Å². The standard InChI is InChI=1S/C29H45ClN6O2/c1-4-7-8-9-10-11-12-13-14-18-21-24(29(37)35(5-2)6-3)31-22-38-28-25(30)27-33-32-26(36(27)34-28)23-19-16-15-17-20-23/h15-17,19-20,24,31,34H,4-14,18,21-22H2,1-3H3. The summed E-state index contributed by atoms with van der Waals surface area (Å²) in [4.78, 5) is 15.0. The number of hydrogen-bond acceptors (Lipinski definition) is 5. The van der Waals surface area contributed by atoms with Crippen LogP contribution in [0, 0.1) is 0 Å². The van der Waals surface area contributed by atoms with Crippen LogP contribution in [-0.4, -0.2) is 56.5 Å². The number of ether oxygens (including phenoxy) is 1. The van der Waals surface area contributed by atoms with Crippen molar-refractivity contribution in [1.82, 2.24) is 30.0 Å². The molecule has 3 rings (SSSR count). The van der Waals surface area contributed by atoms with Gasteiger partial charge in [-0.05, 0) is 20.3 Å². The van der Waals surface area contributed by atoms with E-state index in [2.05, 4.69) is 27.5 Å². The molecule has 210 valence electrons. The summed E-state index contributed by atoms with van der Waals surface area (Å²) in [5, 5.41) is 15.3. The van der Waals surface area contributed by atoms with E-state index in [-0.39, 0.29) is 18.7 Å². The predicted molar refractivity (Wildman–Crippen MR) is 155 cm³/mol. The molecule has 2 aromatic heterocycles. The van der Waals surface area contributed by atoms with Gasteiger partial charge in [0, 0.05) is 18.7 Å². The molecule has 0 spiro atoms.